The summed E-state index contributed by atoms with van der Waals surface area (Å²) in [5, 5.41) is 5.64. The molecule has 0 spiro atoms. The Labute approximate surface area is 127 Å². The van der Waals surface area contributed by atoms with E-state index in [1.807, 2.05) is 0 Å². The SMILES string of the molecule is CNC(=O)CN1CCC(NC(=O)c2ccc(Cl)s2)CC1. The van der Waals surface area contributed by atoms with Gasteiger partial charge in [0.1, 0.15) is 0 Å². The monoisotopic (exact) mass is 315 g/mol. The van der Waals surface area contributed by atoms with Crippen molar-refractivity contribution in [1.82, 2.24) is 15.5 Å². The topological polar surface area (TPSA) is 61.4 Å². The van der Waals surface area contributed by atoms with Gasteiger partial charge in [-0.1, -0.05) is 11.6 Å². The minimum absolute atomic E-state index is 0.0284. The van der Waals surface area contributed by atoms with Crippen LogP contribution in [0, 0.1) is 0 Å². The number of carbonyl (C=O) groups is 2. The van der Waals surface area contributed by atoms with E-state index >= 15 is 0 Å². The van der Waals surface area contributed by atoms with Gasteiger partial charge < -0.3 is 10.6 Å². The number of rotatable bonds is 4. The number of likely N-dealkylation sites (N-methyl/N-ethyl adjacent to an activating group) is 1. The van der Waals surface area contributed by atoms with Crippen LogP contribution in [0.5, 0.6) is 0 Å². The average molecular weight is 316 g/mol. The number of amides is 2. The van der Waals surface area contributed by atoms with Crippen molar-refractivity contribution < 1.29 is 9.59 Å². The fourth-order valence-corrected chi connectivity index (χ4v) is 3.16. The van der Waals surface area contributed by atoms with E-state index in [4.69, 9.17) is 11.6 Å². The van der Waals surface area contributed by atoms with Gasteiger partial charge in [-0.15, -0.1) is 11.3 Å². The first-order valence-electron chi connectivity index (χ1n) is 6.57. The summed E-state index contributed by atoms with van der Waals surface area (Å²) in [4.78, 5) is 26.0. The summed E-state index contributed by atoms with van der Waals surface area (Å²) in [6.45, 7) is 2.07. The fraction of sp³-hybridized carbons (Fsp3) is 0.538. The molecule has 0 aromatic carbocycles. The molecule has 0 atom stereocenters. The molecule has 7 heteroatoms. The number of thiophene rings is 1. The number of nitrogens with one attached hydrogen (secondary N) is 2. The Morgan fingerprint density at radius 2 is 2.10 bits per heavy atom. The van der Waals surface area contributed by atoms with Gasteiger partial charge in [0.05, 0.1) is 15.8 Å². The lowest BCUT2D eigenvalue weighted by molar-refractivity contribution is -0.122. The molecular weight excluding hydrogens is 298 g/mol. The van der Waals surface area contributed by atoms with Gasteiger partial charge in [0, 0.05) is 26.2 Å². The minimum Gasteiger partial charge on any atom is -0.358 e. The highest BCUT2D eigenvalue weighted by Crippen LogP contribution is 2.21. The quantitative estimate of drug-likeness (QED) is 0.881. The van der Waals surface area contributed by atoms with Crippen molar-refractivity contribution in [3.8, 4) is 0 Å². The first-order chi connectivity index (χ1) is 9.58. The highest BCUT2D eigenvalue weighted by Gasteiger charge is 2.22. The zero-order valence-corrected chi connectivity index (χ0v) is 12.9. The first-order valence-corrected chi connectivity index (χ1v) is 7.77. The van der Waals surface area contributed by atoms with Crippen LogP contribution in [0.3, 0.4) is 0 Å². The molecule has 0 radical (unpaired) electrons. The Morgan fingerprint density at radius 3 is 2.65 bits per heavy atom. The van der Waals surface area contributed by atoms with Gasteiger partial charge in [-0.05, 0) is 25.0 Å². The predicted octanol–water partition coefficient (Wildman–Crippen LogP) is 1.34. The van der Waals surface area contributed by atoms with Crippen LogP contribution < -0.4 is 10.6 Å². The molecule has 2 N–H and O–H groups in total. The second-order valence-corrected chi connectivity index (χ2v) is 6.52. The van der Waals surface area contributed by atoms with Crippen molar-refractivity contribution >= 4 is 34.8 Å². The molecule has 1 aromatic heterocycles. The predicted molar refractivity (Wildman–Crippen MR) is 80.3 cm³/mol. The van der Waals surface area contributed by atoms with Gasteiger partial charge in [0.25, 0.3) is 5.91 Å². The molecular formula is C13H18ClN3O2S. The lowest BCUT2D eigenvalue weighted by atomic mass is 10.0. The summed E-state index contributed by atoms with van der Waals surface area (Å²) in [6.07, 6.45) is 1.73. The average Bonchev–Trinajstić information content (AvgIpc) is 2.87. The summed E-state index contributed by atoms with van der Waals surface area (Å²) < 4.78 is 0.621. The van der Waals surface area contributed by atoms with Crippen molar-refractivity contribution in [2.24, 2.45) is 0 Å². The third-order valence-corrected chi connectivity index (χ3v) is 4.60. The van der Waals surface area contributed by atoms with E-state index in [1.165, 1.54) is 11.3 Å². The standard InChI is InChI=1S/C13H18ClN3O2S/c1-15-12(18)8-17-6-4-9(5-7-17)16-13(19)10-2-3-11(14)20-10/h2-3,9H,4-8H2,1H3,(H,15,18)(H,16,19). The van der Waals surface area contributed by atoms with E-state index in [2.05, 4.69) is 15.5 Å². The number of hydrogen-bond donors (Lipinski definition) is 2. The van der Waals surface area contributed by atoms with E-state index in [-0.39, 0.29) is 17.9 Å². The Bertz CT molecular complexity index is 484. The van der Waals surface area contributed by atoms with Gasteiger partial charge in [-0.2, -0.15) is 0 Å². The van der Waals surface area contributed by atoms with E-state index < -0.39 is 0 Å². The number of hydrogen-bond acceptors (Lipinski definition) is 4. The van der Waals surface area contributed by atoms with Crippen LogP contribution >= 0.6 is 22.9 Å². The highest BCUT2D eigenvalue weighted by atomic mass is 35.5. The summed E-state index contributed by atoms with van der Waals surface area (Å²) in [6, 6.07) is 3.64. The number of piperidine rings is 1. The van der Waals surface area contributed by atoms with Crippen molar-refractivity contribution in [2.45, 2.75) is 18.9 Å². The number of nitrogens with zero attached hydrogens (tertiary/aromatic N) is 1. The third kappa shape index (κ3) is 4.19. The van der Waals surface area contributed by atoms with Crippen molar-refractivity contribution in [2.75, 3.05) is 26.7 Å². The lowest BCUT2D eigenvalue weighted by Crippen LogP contribution is -2.47. The first kappa shape index (κ1) is 15.3. The van der Waals surface area contributed by atoms with Crippen molar-refractivity contribution in [1.29, 1.82) is 0 Å². The molecule has 20 heavy (non-hydrogen) atoms. The van der Waals surface area contributed by atoms with Crippen molar-refractivity contribution in [3.05, 3.63) is 21.3 Å². The fourth-order valence-electron chi connectivity index (χ4n) is 2.21. The molecule has 1 aliphatic heterocycles. The molecule has 1 aromatic rings. The van der Waals surface area contributed by atoms with Crippen LogP contribution in [0.25, 0.3) is 0 Å². The van der Waals surface area contributed by atoms with E-state index in [0.29, 0.717) is 15.8 Å². The molecule has 110 valence electrons. The van der Waals surface area contributed by atoms with Crippen LogP contribution in [0.1, 0.15) is 22.5 Å². The molecule has 0 aliphatic carbocycles. The second-order valence-electron chi connectivity index (χ2n) is 4.80. The molecule has 2 rings (SSSR count). The summed E-state index contributed by atoms with van der Waals surface area (Å²) in [5.41, 5.74) is 0. The van der Waals surface area contributed by atoms with Crippen LogP contribution in [0.4, 0.5) is 0 Å². The molecule has 0 bridgehead atoms. The Morgan fingerprint density at radius 1 is 1.40 bits per heavy atom. The number of likely N-dealkylation sites (tertiary alicyclic amines) is 1. The number of halogens is 1. The minimum atomic E-state index is -0.0633. The van der Waals surface area contributed by atoms with Crippen LogP contribution in [-0.4, -0.2) is 49.4 Å². The van der Waals surface area contributed by atoms with E-state index in [0.717, 1.165) is 25.9 Å². The maximum Gasteiger partial charge on any atom is 0.261 e. The van der Waals surface area contributed by atoms with E-state index in [9.17, 15) is 9.59 Å². The number of carbonyl (C=O) groups excluding carboxylic acids is 2. The third-order valence-electron chi connectivity index (χ3n) is 3.37. The molecule has 2 heterocycles. The Kier molecular flexibility index (Phi) is 5.39. The molecule has 1 fully saturated rings. The largest absolute Gasteiger partial charge is 0.358 e. The van der Waals surface area contributed by atoms with Gasteiger partial charge in [0.15, 0.2) is 0 Å². The molecule has 0 unspecified atom stereocenters. The molecule has 1 aliphatic rings. The van der Waals surface area contributed by atoms with Gasteiger partial charge in [-0.25, -0.2) is 0 Å². The second kappa shape index (κ2) is 7.06. The van der Waals surface area contributed by atoms with Crippen LogP contribution in [0.15, 0.2) is 12.1 Å². The molecule has 2 amide bonds. The van der Waals surface area contributed by atoms with Crippen LogP contribution in [0.2, 0.25) is 4.34 Å². The maximum atomic E-state index is 12.0. The van der Waals surface area contributed by atoms with Gasteiger partial charge >= 0.3 is 0 Å². The normalized spacial score (nSPS) is 16.9. The summed E-state index contributed by atoms with van der Waals surface area (Å²) >= 11 is 7.11. The van der Waals surface area contributed by atoms with Crippen LogP contribution in [-0.2, 0) is 4.79 Å². The van der Waals surface area contributed by atoms with E-state index in [1.54, 1.807) is 19.2 Å². The van der Waals surface area contributed by atoms with Gasteiger partial charge in [-0.3, -0.25) is 14.5 Å². The molecule has 5 nitrogen and oxygen atoms in total. The van der Waals surface area contributed by atoms with Crippen molar-refractivity contribution in [3.63, 3.8) is 0 Å². The Hall–Kier alpha value is -1.11. The van der Waals surface area contributed by atoms with Gasteiger partial charge in [0.2, 0.25) is 5.91 Å². The lowest BCUT2D eigenvalue weighted by Gasteiger charge is -2.31. The highest BCUT2D eigenvalue weighted by molar-refractivity contribution is 7.17. The summed E-state index contributed by atoms with van der Waals surface area (Å²) in [5.74, 6) is -0.0348. The zero-order chi connectivity index (χ0) is 14.5. The summed E-state index contributed by atoms with van der Waals surface area (Å²) in [7, 11) is 1.64. The molecule has 0 saturated carbocycles. The maximum absolute atomic E-state index is 12.0. The zero-order valence-electron chi connectivity index (χ0n) is 11.3. The Balaban J connectivity index is 1.77. The smallest absolute Gasteiger partial charge is 0.261 e. The molecule has 1 saturated heterocycles.